The van der Waals surface area contributed by atoms with Crippen molar-refractivity contribution in [2.24, 2.45) is 10.8 Å². The third-order valence-corrected chi connectivity index (χ3v) is 8.08. The van der Waals surface area contributed by atoms with E-state index in [9.17, 15) is 20.0 Å². The van der Waals surface area contributed by atoms with Crippen molar-refractivity contribution >= 4 is 28.8 Å². The number of benzene rings is 3. The molecule has 1 saturated carbocycles. The van der Waals surface area contributed by atoms with Crippen LogP contribution >= 0.6 is 0 Å². The molecule has 2 fully saturated rings. The molecule has 0 radical (unpaired) electrons. The van der Waals surface area contributed by atoms with Gasteiger partial charge in [0.15, 0.2) is 0 Å². The van der Waals surface area contributed by atoms with Gasteiger partial charge in [0, 0.05) is 0 Å². The molecular formula is C30H25N2O4-. The van der Waals surface area contributed by atoms with Gasteiger partial charge in [0.1, 0.15) is 0 Å². The van der Waals surface area contributed by atoms with Crippen LogP contribution in [-0.2, 0) is 9.59 Å². The molecule has 6 heteroatoms. The summed E-state index contributed by atoms with van der Waals surface area (Å²) >= 11 is 0. The Labute approximate surface area is 209 Å². The molecule has 2 aliphatic carbocycles. The number of hydrogen-bond acceptors (Lipinski definition) is 5. The molecule has 6 nitrogen and oxygen atoms in total. The van der Waals surface area contributed by atoms with Crippen LogP contribution in [0.2, 0.25) is 0 Å². The van der Waals surface area contributed by atoms with E-state index in [2.05, 4.69) is 24.3 Å². The second-order valence-electron chi connectivity index (χ2n) is 9.82. The number of imide groups is 1. The lowest BCUT2D eigenvalue weighted by Crippen LogP contribution is -2.41. The fraction of sp³-hybridized carbons (Fsp3) is 0.200. The number of hydrogen-bond donors (Lipinski definition) is 1. The molecule has 1 saturated heterocycles. The highest BCUT2D eigenvalue weighted by Crippen LogP contribution is 2.67. The number of allylic oxidation sites excluding steroid dienone is 3. The van der Waals surface area contributed by atoms with E-state index in [0.29, 0.717) is 25.7 Å². The van der Waals surface area contributed by atoms with Crippen LogP contribution in [0.15, 0.2) is 103 Å². The minimum Gasteiger partial charge on any atom is -0.733 e. The van der Waals surface area contributed by atoms with E-state index in [1.54, 1.807) is 12.1 Å². The fourth-order valence-corrected chi connectivity index (χ4v) is 6.48. The lowest BCUT2D eigenvalue weighted by Gasteiger charge is -2.36. The highest BCUT2D eigenvalue weighted by Gasteiger charge is 2.72. The van der Waals surface area contributed by atoms with E-state index in [0.717, 1.165) is 27.2 Å². The minimum absolute atomic E-state index is 0.122. The monoisotopic (exact) mass is 477 g/mol. The molecule has 0 aromatic heterocycles. The van der Waals surface area contributed by atoms with Crippen molar-refractivity contribution in [1.82, 2.24) is 0 Å². The maximum atomic E-state index is 14.2. The molecule has 2 amide bonds. The summed E-state index contributed by atoms with van der Waals surface area (Å²) in [6.45, 7) is 0. The summed E-state index contributed by atoms with van der Waals surface area (Å²) in [6, 6.07) is 26.4. The Morgan fingerprint density at radius 1 is 0.750 bits per heavy atom. The molecule has 0 bridgehead atoms. The Bertz CT molecular complexity index is 1330. The summed E-state index contributed by atoms with van der Waals surface area (Å²) in [5.74, 6) is -0.608. The summed E-state index contributed by atoms with van der Waals surface area (Å²) in [6.07, 6.45) is 5.82. The predicted octanol–water partition coefficient (Wildman–Crippen LogP) is 5.87. The zero-order valence-corrected chi connectivity index (χ0v) is 19.6. The lowest BCUT2D eigenvalue weighted by atomic mass is 9.61. The number of amides is 2. The van der Waals surface area contributed by atoms with Gasteiger partial charge in [0.25, 0.3) is 0 Å². The topological polar surface area (TPSA) is 83.9 Å². The average molecular weight is 478 g/mol. The van der Waals surface area contributed by atoms with Crippen LogP contribution < -0.4 is 10.1 Å². The van der Waals surface area contributed by atoms with Gasteiger partial charge in [-0.05, 0) is 54.5 Å². The van der Waals surface area contributed by atoms with E-state index in [1.165, 1.54) is 12.1 Å². The number of carbonyl (C=O) groups is 2. The SMILES string of the molecule is O=C1N(c2ccccc2N([O-])O)C(=O)[C@]23CC=CC[C@]12CC(=C(c1ccccc1)c1ccccc1)C3. The van der Waals surface area contributed by atoms with E-state index in [1.807, 2.05) is 48.6 Å². The molecule has 1 N–H and O–H groups in total. The second kappa shape index (κ2) is 8.29. The van der Waals surface area contributed by atoms with Gasteiger partial charge in [0.05, 0.1) is 22.2 Å². The van der Waals surface area contributed by atoms with Crippen molar-refractivity contribution in [3.8, 4) is 0 Å². The van der Waals surface area contributed by atoms with Crippen LogP contribution in [0.3, 0.4) is 0 Å². The van der Waals surface area contributed by atoms with E-state index >= 15 is 0 Å². The number of rotatable bonds is 4. The van der Waals surface area contributed by atoms with Crippen LogP contribution in [0.5, 0.6) is 0 Å². The first-order chi connectivity index (χ1) is 17.5. The van der Waals surface area contributed by atoms with Crippen LogP contribution in [0.1, 0.15) is 36.8 Å². The van der Waals surface area contributed by atoms with Crippen molar-refractivity contribution in [3.63, 3.8) is 0 Å². The molecule has 0 spiro atoms. The normalized spacial score (nSPS) is 24.6. The molecule has 3 aromatic rings. The highest BCUT2D eigenvalue weighted by atomic mass is 16.8. The molecular weight excluding hydrogens is 452 g/mol. The second-order valence-corrected chi connectivity index (χ2v) is 9.82. The number of nitrogens with zero attached hydrogens (tertiary/aromatic N) is 2. The van der Waals surface area contributed by atoms with E-state index in [4.69, 9.17) is 0 Å². The van der Waals surface area contributed by atoms with Crippen molar-refractivity contribution in [3.05, 3.63) is 119 Å². The molecule has 180 valence electrons. The molecule has 1 aliphatic heterocycles. The molecule has 3 aliphatic rings. The Hall–Kier alpha value is -4.00. The molecule has 1 heterocycles. The Balaban J connectivity index is 1.53. The summed E-state index contributed by atoms with van der Waals surface area (Å²) in [4.78, 5) is 29.6. The quantitative estimate of drug-likeness (QED) is 0.289. The van der Waals surface area contributed by atoms with Gasteiger partial charge in [-0.15, -0.1) is 0 Å². The molecule has 6 rings (SSSR count). The molecule has 36 heavy (non-hydrogen) atoms. The van der Waals surface area contributed by atoms with Crippen LogP contribution in [0, 0.1) is 16.0 Å². The summed E-state index contributed by atoms with van der Waals surface area (Å²) in [5, 5.41) is 21.2. The van der Waals surface area contributed by atoms with Crippen molar-refractivity contribution in [2.45, 2.75) is 25.7 Å². The van der Waals surface area contributed by atoms with Gasteiger partial charge in [-0.3, -0.25) is 14.8 Å². The van der Waals surface area contributed by atoms with Crippen LogP contribution in [-0.4, -0.2) is 17.0 Å². The maximum Gasteiger partial charge on any atom is 0.241 e. The summed E-state index contributed by atoms with van der Waals surface area (Å²) in [5.41, 5.74) is 2.41. The molecule has 0 unspecified atom stereocenters. The van der Waals surface area contributed by atoms with E-state index in [-0.39, 0.29) is 28.4 Å². The zero-order valence-electron chi connectivity index (χ0n) is 19.6. The Morgan fingerprint density at radius 2 is 1.22 bits per heavy atom. The van der Waals surface area contributed by atoms with Crippen LogP contribution in [0.25, 0.3) is 5.57 Å². The zero-order chi connectivity index (χ0) is 24.9. The van der Waals surface area contributed by atoms with Gasteiger partial charge < -0.3 is 10.4 Å². The molecule has 2 atom stereocenters. The van der Waals surface area contributed by atoms with Crippen molar-refractivity contribution in [2.75, 3.05) is 10.1 Å². The predicted molar refractivity (Wildman–Crippen MR) is 138 cm³/mol. The molecule has 3 aromatic carbocycles. The smallest absolute Gasteiger partial charge is 0.241 e. The first kappa shape index (κ1) is 22.5. The standard InChI is InChI=1S/C30H25N2O4/c33-27-29-17-9-10-18-30(29,28(34)31(27)24-15-7-8-16-25(24)32(35)36)20-23(19-29)26(21-11-3-1-4-12-21)22-13-5-2-6-14-22/h1-16,35H,17-20H2/q-1/t29-,30+. The van der Waals surface area contributed by atoms with Crippen molar-refractivity contribution < 1.29 is 14.8 Å². The lowest BCUT2D eigenvalue weighted by molar-refractivity contribution is -0.132. The van der Waals surface area contributed by atoms with E-state index < -0.39 is 10.8 Å². The van der Waals surface area contributed by atoms with Gasteiger partial charge in [-0.2, -0.15) is 0 Å². The third kappa shape index (κ3) is 3.05. The number of anilines is 2. The number of carbonyl (C=O) groups excluding carboxylic acids is 2. The van der Waals surface area contributed by atoms with Crippen molar-refractivity contribution in [1.29, 1.82) is 0 Å². The Morgan fingerprint density at radius 3 is 1.72 bits per heavy atom. The first-order valence-corrected chi connectivity index (χ1v) is 12.1. The summed E-state index contributed by atoms with van der Waals surface area (Å²) in [7, 11) is 0. The largest absolute Gasteiger partial charge is 0.733 e. The highest BCUT2D eigenvalue weighted by molar-refractivity contribution is 6.27. The van der Waals surface area contributed by atoms with Gasteiger partial charge in [-0.25, -0.2) is 4.90 Å². The summed E-state index contributed by atoms with van der Waals surface area (Å²) < 4.78 is 0. The first-order valence-electron chi connectivity index (χ1n) is 12.1. The van der Waals surface area contributed by atoms with Gasteiger partial charge in [-0.1, -0.05) is 90.5 Å². The minimum atomic E-state index is -0.931. The number of para-hydroxylation sites is 2. The maximum absolute atomic E-state index is 14.2. The fourth-order valence-electron chi connectivity index (χ4n) is 6.48. The van der Waals surface area contributed by atoms with Gasteiger partial charge in [0.2, 0.25) is 11.8 Å². The average Bonchev–Trinajstić information content (AvgIpc) is 3.35. The van der Waals surface area contributed by atoms with Crippen LogP contribution in [0.4, 0.5) is 11.4 Å². The third-order valence-electron chi connectivity index (χ3n) is 8.08. The Kier molecular flexibility index (Phi) is 5.18. The van der Waals surface area contributed by atoms with Gasteiger partial charge >= 0.3 is 0 Å².